The highest BCUT2D eigenvalue weighted by Gasteiger charge is 2.28. The fraction of sp³-hybridized carbons (Fsp3) is 0.462. The summed E-state index contributed by atoms with van der Waals surface area (Å²) in [6, 6.07) is 8.19. The molecule has 4 heteroatoms. The van der Waals surface area contributed by atoms with Crippen LogP contribution in [0.25, 0.3) is 0 Å². The van der Waals surface area contributed by atoms with E-state index < -0.39 is 0 Å². The Morgan fingerprint density at radius 1 is 1.41 bits per heavy atom. The molecule has 1 aromatic carbocycles. The Balaban J connectivity index is 2.20. The number of carbonyl (C=O) groups is 1. The van der Waals surface area contributed by atoms with E-state index in [2.05, 4.69) is 11.8 Å². The lowest BCUT2D eigenvalue weighted by atomic mass is 9.92. The van der Waals surface area contributed by atoms with Crippen LogP contribution in [0.5, 0.6) is 0 Å². The summed E-state index contributed by atoms with van der Waals surface area (Å²) in [4.78, 5) is 13.5. The molecule has 92 valence electrons. The van der Waals surface area contributed by atoms with Crippen molar-refractivity contribution in [2.45, 2.75) is 25.8 Å². The van der Waals surface area contributed by atoms with Crippen LogP contribution in [0.15, 0.2) is 24.3 Å². The summed E-state index contributed by atoms with van der Waals surface area (Å²) in [7, 11) is 0. The maximum Gasteiger partial charge on any atom is 0.222 e. The van der Waals surface area contributed by atoms with Crippen LogP contribution in [0, 0.1) is 5.92 Å². The van der Waals surface area contributed by atoms with Gasteiger partial charge in [-0.15, -0.1) is 0 Å². The van der Waals surface area contributed by atoms with Gasteiger partial charge in [-0.3, -0.25) is 4.79 Å². The molecule has 0 aliphatic carbocycles. The van der Waals surface area contributed by atoms with Crippen LogP contribution in [-0.2, 0) is 4.79 Å². The standard InChI is InChI=1S/C13H19N3O/c1-9-5-6-10(13(15)17)8-16(9)12-4-2-3-11(14)7-12/h2-4,7,9-10H,5-6,8,14H2,1H3,(H2,15,17). The SMILES string of the molecule is CC1CCC(C(N)=O)CN1c1cccc(N)c1. The molecule has 1 aliphatic heterocycles. The first-order chi connectivity index (χ1) is 8.08. The molecule has 0 saturated carbocycles. The first kappa shape index (κ1) is 11.8. The second-order valence-electron chi connectivity index (χ2n) is 4.77. The number of nitrogens with zero attached hydrogens (tertiary/aromatic N) is 1. The van der Waals surface area contributed by atoms with Gasteiger partial charge in [0.05, 0.1) is 5.92 Å². The lowest BCUT2D eigenvalue weighted by Crippen LogP contribution is -2.45. The molecular formula is C13H19N3O. The summed E-state index contributed by atoms with van der Waals surface area (Å²) in [5, 5.41) is 0. The van der Waals surface area contributed by atoms with Crippen LogP contribution in [0.1, 0.15) is 19.8 Å². The van der Waals surface area contributed by atoms with Crippen molar-refractivity contribution in [3.8, 4) is 0 Å². The molecule has 17 heavy (non-hydrogen) atoms. The van der Waals surface area contributed by atoms with Crippen LogP contribution in [-0.4, -0.2) is 18.5 Å². The normalized spacial score (nSPS) is 24.6. The summed E-state index contributed by atoms with van der Waals surface area (Å²) in [6.07, 6.45) is 1.87. The van der Waals surface area contributed by atoms with E-state index in [-0.39, 0.29) is 11.8 Å². The van der Waals surface area contributed by atoms with Crippen molar-refractivity contribution >= 4 is 17.3 Å². The Hall–Kier alpha value is -1.71. The topological polar surface area (TPSA) is 72.4 Å². The number of piperidine rings is 1. The molecule has 1 amide bonds. The van der Waals surface area contributed by atoms with Crippen molar-refractivity contribution in [3.05, 3.63) is 24.3 Å². The van der Waals surface area contributed by atoms with Gasteiger partial charge in [0.2, 0.25) is 5.91 Å². The van der Waals surface area contributed by atoms with Crippen molar-refractivity contribution in [1.29, 1.82) is 0 Å². The van der Waals surface area contributed by atoms with E-state index in [1.807, 2.05) is 24.3 Å². The molecule has 0 aromatic heterocycles. The number of nitrogens with two attached hydrogens (primary N) is 2. The van der Waals surface area contributed by atoms with E-state index in [9.17, 15) is 4.79 Å². The second-order valence-corrected chi connectivity index (χ2v) is 4.77. The van der Waals surface area contributed by atoms with Crippen molar-refractivity contribution < 1.29 is 4.79 Å². The number of hydrogen-bond acceptors (Lipinski definition) is 3. The number of hydrogen-bond donors (Lipinski definition) is 2. The van der Waals surface area contributed by atoms with Crippen molar-refractivity contribution in [2.75, 3.05) is 17.2 Å². The molecule has 4 nitrogen and oxygen atoms in total. The lowest BCUT2D eigenvalue weighted by molar-refractivity contribution is -0.122. The van der Waals surface area contributed by atoms with Gasteiger partial charge < -0.3 is 16.4 Å². The Morgan fingerprint density at radius 3 is 2.82 bits per heavy atom. The number of carbonyl (C=O) groups excluding carboxylic acids is 1. The van der Waals surface area contributed by atoms with Gasteiger partial charge in [0.15, 0.2) is 0 Å². The van der Waals surface area contributed by atoms with Gasteiger partial charge >= 0.3 is 0 Å². The zero-order valence-electron chi connectivity index (χ0n) is 10.1. The van der Waals surface area contributed by atoms with Gasteiger partial charge in [0, 0.05) is 24.0 Å². The summed E-state index contributed by atoms with van der Waals surface area (Å²) < 4.78 is 0. The quantitative estimate of drug-likeness (QED) is 0.757. The van der Waals surface area contributed by atoms with Gasteiger partial charge in [-0.05, 0) is 38.0 Å². The third-order valence-electron chi connectivity index (χ3n) is 3.49. The fourth-order valence-electron chi connectivity index (χ4n) is 2.40. The molecule has 0 radical (unpaired) electrons. The number of benzene rings is 1. The van der Waals surface area contributed by atoms with E-state index >= 15 is 0 Å². The molecule has 2 rings (SSSR count). The van der Waals surface area contributed by atoms with E-state index in [1.165, 1.54) is 0 Å². The van der Waals surface area contributed by atoms with E-state index in [0.717, 1.165) is 24.2 Å². The van der Waals surface area contributed by atoms with Gasteiger partial charge in [-0.25, -0.2) is 0 Å². The Kier molecular flexibility index (Phi) is 3.22. The summed E-state index contributed by atoms with van der Waals surface area (Å²) in [5.41, 5.74) is 13.0. The zero-order chi connectivity index (χ0) is 12.4. The fourth-order valence-corrected chi connectivity index (χ4v) is 2.40. The molecule has 0 spiro atoms. The second kappa shape index (κ2) is 4.65. The summed E-state index contributed by atoms with van der Waals surface area (Å²) in [6.45, 7) is 2.86. The number of primary amides is 1. The molecule has 2 unspecified atom stereocenters. The minimum atomic E-state index is -0.203. The maximum absolute atomic E-state index is 11.3. The number of rotatable bonds is 2. The van der Waals surface area contributed by atoms with Crippen LogP contribution in [0.2, 0.25) is 0 Å². The highest BCUT2D eigenvalue weighted by Crippen LogP contribution is 2.28. The molecular weight excluding hydrogens is 214 g/mol. The lowest BCUT2D eigenvalue weighted by Gasteiger charge is -2.38. The molecule has 2 atom stereocenters. The van der Waals surface area contributed by atoms with Crippen LogP contribution < -0.4 is 16.4 Å². The van der Waals surface area contributed by atoms with E-state index in [1.54, 1.807) is 0 Å². The number of anilines is 2. The minimum Gasteiger partial charge on any atom is -0.399 e. The Labute approximate surface area is 102 Å². The van der Waals surface area contributed by atoms with Crippen LogP contribution >= 0.6 is 0 Å². The van der Waals surface area contributed by atoms with E-state index in [0.29, 0.717) is 12.6 Å². The Bertz CT molecular complexity index is 419. The summed E-state index contributed by atoms with van der Waals surface area (Å²) >= 11 is 0. The molecule has 1 aromatic rings. The number of amides is 1. The molecule has 1 heterocycles. The molecule has 1 saturated heterocycles. The van der Waals surface area contributed by atoms with Gasteiger partial charge in [0.1, 0.15) is 0 Å². The monoisotopic (exact) mass is 233 g/mol. The van der Waals surface area contributed by atoms with Gasteiger partial charge in [-0.1, -0.05) is 6.07 Å². The average Bonchev–Trinajstić information content (AvgIpc) is 2.29. The van der Waals surface area contributed by atoms with Gasteiger partial charge in [-0.2, -0.15) is 0 Å². The van der Waals surface area contributed by atoms with Crippen molar-refractivity contribution in [1.82, 2.24) is 0 Å². The Morgan fingerprint density at radius 2 is 2.18 bits per heavy atom. The molecule has 0 bridgehead atoms. The first-order valence-corrected chi connectivity index (χ1v) is 5.99. The largest absolute Gasteiger partial charge is 0.399 e. The maximum atomic E-state index is 11.3. The van der Waals surface area contributed by atoms with Crippen molar-refractivity contribution in [2.24, 2.45) is 11.7 Å². The molecule has 4 N–H and O–H groups in total. The first-order valence-electron chi connectivity index (χ1n) is 5.99. The predicted octanol–water partition coefficient (Wildman–Crippen LogP) is 1.36. The zero-order valence-corrected chi connectivity index (χ0v) is 10.1. The third kappa shape index (κ3) is 2.52. The number of nitrogen functional groups attached to an aromatic ring is 1. The van der Waals surface area contributed by atoms with Crippen LogP contribution in [0.3, 0.4) is 0 Å². The summed E-state index contributed by atoms with van der Waals surface area (Å²) in [5.74, 6) is -0.251. The van der Waals surface area contributed by atoms with E-state index in [4.69, 9.17) is 11.5 Å². The third-order valence-corrected chi connectivity index (χ3v) is 3.49. The average molecular weight is 233 g/mol. The molecule has 1 fully saturated rings. The molecule has 1 aliphatic rings. The van der Waals surface area contributed by atoms with Crippen molar-refractivity contribution in [3.63, 3.8) is 0 Å². The van der Waals surface area contributed by atoms with Gasteiger partial charge in [0.25, 0.3) is 0 Å². The smallest absolute Gasteiger partial charge is 0.222 e. The predicted molar refractivity (Wildman–Crippen MR) is 69.6 cm³/mol. The minimum absolute atomic E-state index is 0.0485. The highest BCUT2D eigenvalue weighted by atomic mass is 16.1. The van der Waals surface area contributed by atoms with Crippen LogP contribution in [0.4, 0.5) is 11.4 Å². The highest BCUT2D eigenvalue weighted by molar-refractivity contribution is 5.77.